The number of carboxylic acids is 1. The first kappa shape index (κ1) is 17.3. The third kappa shape index (κ3) is 3.19. The molecule has 3 aromatic rings. The number of carbonyl (C=O) groups is 2. The third-order valence-electron chi connectivity index (χ3n) is 4.04. The van der Waals surface area contributed by atoms with Gasteiger partial charge in [0.15, 0.2) is 5.69 Å². The van der Waals surface area contributed by atoms with Crippen molar-refractivity contribution in [3.8, 4) is 0 Å². The summed E-state index contributed by atoms with van der Waals surface area (Å²) in [4.78, 5) is 38.3. The summed E-state index contributed by atoms with van der Waals surface area (Å²) in [5.74, 6) is -1.60. The van der Waals surface area contributed by atoms with Gasteiger partial charge in [-0.2, -0.15) is 5.10 Å². The fourth-order valence-corrected chi connectivity index (χ4v) is 2.82. The molecule has 26 heavy (non-hydrogen) atoms. The maximum Gasteiger partial charge on any atom is 0.357 e. The highest BCUT2D eigenvalue weighted by Crippen LogP contribution is 2.15. The van der Waals surface area contributed by atoms with E-state index in [9.17, 15) is 19.5 Å². The van der Waals surface area contributed by atoms with E-state index in [4.69, 9.17) is 0 Å². The highest BCUT2D eigenvalue weighted by molar-refractivity contribution is 6.01. The Morgan fingerprint density at radius 2 is 1.65 bits per heavy atom. The minimum Gasteiger partial charge on any atom is -0.476 e. The number of hydrogen-bond donors (Lipinski definition) is 1. The predicted molar refractivity (Wildman–Crippen MR) is 97.4 cm³/mol. The van der Waals surface area contributed by atoms with E-state index in [1.807, 2.05) is 25.1 Å². The van der Waals surface area contributed by atoms with Gasteiger partial charge in [0.05, 0.1) is 5.39 Å². The summed E-state index contributed by atoms with van der Waals surface area (Å²) in [6.07, 6.45) is 0. The van der Waals surface area contributed by atoms with Gasteiger partial charge in [0.2, 0.25) is 5.91 Å². The SMILES string of the molecule is CCN(C(=O)Cn1nc(C(=O)O)c2ccccc2c1=O)c1ccccc1. The van der Waals surface area contributed by atoms with Gasteiger partial charge in [0.25, 0.3) is 5.56 Å². The molecule has 2 aromatic carbocycles. The van der Waals surface area contributed by atoms with Crippen molar-refractivity contribution >= 4 is 28.3 Å². The van der Waals surface area contributed by atoms with Crippen molar-refractivity contribution in [1.29, 1.82) is 0 Å². The lowest BCUT2D eigenvalue weighted by Gasteiger charge is -2.21. The van der Waals surface area contributed by atoms with Gasteiger partial charge in [-0.15, -0.1) is 0 Å². The van der Waals surface area contributed by atoms with Gasteiger partial charge >= 0.3 is 5.97 Å². The zero-order valence-electron chi connectivity index (χ0n) is 14.1. The fraction of sp³-hybridized carbons (Fsp3) is 0.158. The molecule has 0 fully saturated rings. The van der Waals surface area contributed by atoms with E-state index in [0.717, 1.165) is 4.68 Å². The molecule has 7 nitrogen and oxygen atoms in total. The Kier molecular flexibility index (Phi) is 4.79. The van der Waals surface area contributed by atoms with Gasteiger partial charge in [-0.25, -0.2) is 9.48 Å². The molecule has 0 bridgehead atoms. The van der Waals surface area contributed by atoms with Crippen LogP contribution in [0.2, 0.25) is 0 Å². The second-order valence-electron chi connectivity index (χ2n) is 5.64. The number of amides is 1. The van der Waals surface area contributed by atoms with Gasteiger partial charge in [0.1, 0.15) is 6.54 Å². The molecule has 0 saturated carbocycles. The number of aromatic carboxylic acids is 1. The Balaban J connectivity index is 2.03. The zero-order valence-corrected chi connectivity index (χ0v) is 14.1. The number of likely N-dealkylation sites (N-methyl/N-ethyl adjacent to an activating group) is 1. The molecule has 0 aliphatic carbocycles. The Labute approximate surface area is 149 Å². The monoisotopic (exact) mass is 351 g/mol. The van der Waals surface area contributed by atoms with Crippen LogP contribution in [0.3, 0.4) is 0 Å². The van der Waals surface area contributed by atoms with Crippen LogP contribution in [0.4, 0.5) is 5.69 Å². The van der Waals surface area contributed by atoms with E-state index >= 15 is 0 Å². The standard InChI is InChI=1S/C19H17N3O4/c1-2-21(13-8-4-3-5-9-13)16(23)12-22-18(24)15-11-7-6-10-14(15)17(20-22)19(25)26/h3-11H,2,12H2,1H3,(H,25,26). The van der Waals surface area contributed by atoms with Crippen LogP contribution in [0, 0.1) is 0 Å². The summed E-state index contributed by atoms with van der Waals surface area (Å²) in [5, 5.41) is 13.8. The molecule has 0 spiro atoms. The van der Waals surface area contributed by atoms with Crippen molar-refractivity contribution < 1.29 is 14.7 Å². The topological polar surface area (TPSA) is 92.5 Å². The van der Waals surface area contributed by atoms with Crippen LogP contribution in [-0.2, 0) is 11.3 Å². The molecule has 3 rings (SSSR count). The molecule has 0 radical (unpaired) electrons. The fourth-order valence-electron chi connectivity index (χ4n) is 2.82. The number of fused-ring (bicyclic) bond motifs is 1. The van der Waals surface area contributed by atoms with E-state index < -0.39 is 11.5 Å². The highest BCUT2D eigenvalue weighted by atomic mass is 16.4. The third-order valence-corrected chi connectivity index (χ3v) is 4.04. The van der Waals surface area contributed by atoms with E-state index in [0.29, 0.717) is 12.2 Å². The average molecular weight is 351 g/mol. The molecule has 1 N–H and O–H groups in total. The maximum atomic E-state index is 12.7. The van der Waals surface area contributed by atoms with Crippen molar-refractivity contribution in [2.75, 3.05) is 11.4 Å². The van der Waals surface area contributed by atoms with E-state index in [-0.39, 0.29) is 28.9 Å². The van der Waals surface area contributed by atoms with Crippen LogP contribution in [0.5, 0.6) is 0 Å². The van der Waals surface area contributed by atoms with Crippen molar-refractivity contribution in [1.82, 2.24) is 9.78 Å². The smallest absolute Gasteiger partial charge is 0.357 e. The highest BCUT2D eigenvalue weighted by Gasteiger charge is 2.19. The molecule has 0 saturated heterocycles. The minimum absolute atomic E-state index is 0.218. The summed E-state index contributed by atoms with van der Waals surface area (Å²) >= 11 is 0. The molecule has 0 aliphatic rings. The second kappa shape index (κ2) is 7.18. The Hall–Kier alpha value is -3.48. The quantitative estimate of drug-likeness (QED) is 0.760. The number of rotatable bonds is 5. The Morgan fingerprint density at radius 3 is 2.27 bits per heavy atom. The molecule has 7 heteroatoms. The lowest BCUT2D eigenvalue weighted by molar-refractivity contribution is -0.119. The van der Waals surface area contributed by atoms with E-state index in [1.54, 1.807) is 24.3 Å². The largest absolute Gasteiger partial charge is 0.476 e. The summed E-state index contributed by atoms with van der Waals surface area (Å²) in [6.45, 7) is 1.90. The number of carboxylic acid groups (broad SMARTS) is 1. The summed E-state index contributed by atoms with van der Waals surface area (Å²) in [5.41, 5.74) is -0.0499. The number of hydrogen-bond acceptors (Lipinski definition) is 4. The molecule has 132 valence electrons. The normalized spacial score (nSPS) is 10.7. The van der Waals surface area contributed by atoms with Crippen molar-refractivity contribution in [2.45, 2.75) is 13.5 Å². The molecular weight excluding hydrogens is 334 g/mol. The van der Waals surface area contributed by atoms with Crippen molar-refractivity contribution in [2.24, 2.45) is 0 Å². The summed E-state index contributed by atoms with van der Waals surface area (Å²) < 4.78 is 0.916. The van der Waals surface area contributed by atoms with Gasteiger partial charge in [0, 0.05) is 17.6 Å². The van der Waals surface area contributed by atoms with E-state index in [2.05, 4.69) is 5.10 Å². The van der Waals surface area contributed by atoms with Crippen LogP contribution >= 0.6 is 0 Å². The van der Waals surface area contributed by atoms with Crippen LogP contribution in [0.15, 0.2) is 59.4 Å². The van der Waals surface area contributed by atoms with Crippen LogP contribution in [0.25, 0.3) is 10.8 Å². The molecule has 1 aromatic heterocycles. The molecule has 0 unspecified atom stereocenters. The number of nitrogens with zero attached hydrogens (tertiary/aromatic N) is 3. The number of anilines is 1. The maximum absolute atomic E-state index is 12.7. The van der Waals surface area contributed by atoms with Crippen molar-refractivity contribution in [3.05, 3.63) is 70.6 Å². The van der Waals surface area contributed by atoms with Crippen LogP contribution in [0.1, 0.15) is 17.4 Å². The molecule has 1 heterocycles. The van der Waals surface area contributed by atoms with E-state index in [1.165, 1.54) is 17.0 Å². The average Bonchev–Trinajstić information content (AvgIpc) is 2.65. The number of para-hydroxylation sites is 1. The molecule has 0 atom stereocenters. The predicted octanol–water partition coefficient (Wildman–Crippen LogP) is 2.15. The first-order valence-corrected chi connectivity index (χ1v) is 8.11. The number of carbonyl (C=O) groups excluding carboxylic acids is 1. The second-order valence-corrected chi connectivity index (χ2v) is 5.64. The number of benzene rings is 2. The lowest BCUT2D eigenvalue weighted by Crippen LogP contribution is -2.38. The molecule has 1 amide bonds. The lowest BCUT2D eigenvalue weighted by atomic mass is 10.1. The summed E-state index contributed by atoms with van der Waals surface area (Å²) in [7, 11) is 0. The van der Waals surface area contributed by atoms with Gasteiger partial charge < -0.3 is 10.0 Å². The Bertz CT molecular complexity index is 1030. The van der Waals surface area contributed by atoms with Gasteiger partial charge in [-0.3, -0.25) is 9.59 Å². The molecular formula is C19H17N3O4. The molecule has 0 aliphatic heterocycles. The first-order valence-electron chi connectivity index (χ1n) is 8.11. The Morgan fingerprint density at radius 1 is 1.04 bits per heavy atom. The van der Waals surface area contributed by atoms with Crippen LogP contribution in [-0.4, -0.2) is 33.3 Å². The first-order chi connectivity index (χ1) is 12.5. The van der Waals surface area contributed by atoms with Gasteiger partial charge in [-0.1, -0.05) is 36.4 Å². The number of aromatic nitrogens is 2. The van der Waals surface area contributed by atoms with Crippen LogP contribution < -0.4 is 10.5 Å². The summed E-state index contributed by atoms with van der Waals surface area (Å²) in [6, 6.07) is 15.4. The minimum atomic E-state index is -1.25. The van der Waals surface area contributed by atoms with Gasteiger partial charge in [-0.05, 0) is 25.1 Å². The van der Waals surface area contributed by atoms with Crippen molar-refractivity contribution in [3.63, 3.8) is 0 Å². The zero-order chi connectivity index (χ0) is 18.7.